The quantitative estimate of drug-likeness (QED) is 0.821. The van der Waals surface area contributed by atoms with E-state index in [1.165, 1.54) is 0 Å². The largest absolute Gasteiger partial charge is 0.351 e. The van der Waals surface area contributed by atoms with E-state index in [4.69, 9.17) is 0 Å². The molecule has 2 rings (SSSR count). The monoisotopic (exact) mass is 339 g/mol. The van der Waals surface area contributed by atoms with Gasteiger partial charge in [0.25, 0.3) is 0 Å². The highest BCUT2D eigenvalue weighted by Gasteiger charge is 2.36. The number of aryl methyl sites for hydroxylation is 3. The number of benzene rings is 1. The molecular formula is C20H25N3O2. The Bertz CT molecular complexity index is 760. The summed E-state index contributed by atoms with van der Waals surface area (Å²) in [5, 5.41) is 5.72. The number of anilines is 1. The van der Waals surface area contributed by atoms with Crippen LogP contribution in [-0.2, 0) is 16.1 Å². The molecule has 0 aliphatic carbocycles. The van der Waals surface area contributed by atoms with E-state index >= 15 is 0 Å². The molecule has 5 nitrogen and oxygen atoms in total. The number of aromatic nitrogens is 1. The Hall–Kier alpha value is -2.69. The van der Waals surface area contributed by atoms with E-state index in [1.807, 2.05) is 45.0 Å². The zero-order valence-electron chi connectivity index (χ0n) is 15.4. The number of pyridine rings is 1. The van der Waals surface area contributed by atoms with E-state index in [1.54, 1.807) is 26.2 Å². The minimum atomic E-state index is -1.19. The fourth-order valence-corrected chi connectivity index (χ4v) is 2.66. The van der Waals surface area contributed by atoms with Crippen LogP contribution in [0.3, 0.4) is 0 Å². The third-order valence-electron chi connectivity index (χ3n) is 4.23. The van der Waals surface area contributed by atoms with Gasteiger partial charge in [0.15, 0.2) is 0 Å². The van der Waals surface area contributed by atoms with Crippen LogP contribution < -0.4 is 10.6 Å². The maximum atomic E-state index is 12.7. The number of hydrogen-bond donors (Lipinski definition) is 2. The lowest BCUT2D eigenvalue weighted by molar-refractivity contribution is -0.138. The van der Waals surface area contributed by atoms with Gasteiger partial charge in [0.2, 0.25) is 11.8 Å². The van der Waals surface area contributed by atoms with Crippen LogP contribution in [0.5, 0.6) is 0 Å². The van der Waals surface area contributed by atoms with Crippen LogP contribution in [0.1, 0.15) is 36.1 Å². The third kappa shape index (κ3) is 4.44. The van der Waals surface area contributed by atoms with Crippen LogP contribution in [0, 0.1) is 26.2 Å². The van der Waals surface area contributed by atoms with Crippen molar-refractivity contribution in [3.05, 3.63) is 58.9 Å². The van der Waals surface area contributed by atoms with Crippen LogP contribution in [0.4, 0.5) is 5.69 Å². The Kier molecular flexibility index (Phi) is 5.57. The molecule has 1 aromatic carbocycles. The standard InChI is InChI=1S/C20H25N3O2/c1-13-9-14(2)17(15(3)10-13)23-19(25)20(4,5)18(24)22-12-16-7-6-8-21-11-16/h6-11H,12H2,1-5H3,(H,22,24)(H,23,25). The Morgan fingerprint density at radius 1 is 1.08 bits per heavy atom. The SMILES string of the molecule is Cc1cc(C)c(NC(=O)C(C)(C)C(=O)NCc2cccnc2)c(C)c1. The van der Waals surface area contributed by atoms with Crippen molar-refractivity contribution in [2.75, 3.05) is 5.32 Å². The summed E-state index contributed by atoms with van der Waals surface area (Å²) < 4.78 is 0. The Balaban J connectivity index is 2.07. The second kappa shape index (κ2) is 7.47. The molecule has 1 aromatic heterocycles. The molecule has 5 heteroatoms. The maximum absolute atomic E-state index is 12.7. The number of nitrogens with one attached hydrogen (secondary N) is 2. The first-order valence-electron chi connectivity index (χ1n) is 8.28. The van der Waals surface area contributed by atoms with E-state index in [9.17, 15) is 9.59 Å². The van der Waals surface area contributed by atoms with E-state index < -0.39 is 5.41 Å². The van der Waals surface area contributed by atoms with Crippen molar-refractivity contribution in [3.8, 4) is 0 Å². The van der Waals surface area contributed by atoms with Crippen LogP contribution in [0.2, 0.25) is 0 Å². The fourth-order valence-electron chi connectivity index (χ4n) is 2.66. The molecule has 132 valence electrons. The summed E-state index contributed by atoms with van der Waals surface area (Å²) in [6.07, 6.45) is 3.36. The normalized spacial score (nSPS) is 11.1. The average molecular weight is 339 g/mol. The average Bonchev–Trinajstić information content (AvgIpc) is 2.56. The summed E-state index contributed by atoms with van der Waals surface area (Å²) in [7, 11) is 0. The summed E-state index contributed by atoms with van der Waals surface area (Å²) in [5.74, 6) is -0.650. The molecule has 2 amide bonds. The smallest absolute Gasteiger partial charge is 0.239 e. The molecular weight excluding hydrogens is 314 g/mol. The molecule has 0 spiro atoms. The van der Waals surface area contributed by atoms with Crippen LogP contribution in [-0.4, -0.2) is 16.8 Å². The highest BCUT2D eigenvalue weighted by atomic mass is 16.2. The van der Waals surface area contributed by atoms with Crippen molar-refractivity contribution < 1.29 is 9.59 Å². The predicted octanol–water partition coefficient (Wildman–Crippen LogP) is 3.29. The zero-order valence-corrected chi connectivity index (χ0v) is 15.4. The Labute approximate surface area is 148 Å². The maximum Gasteiger partial charge on any atom is 0.239 e. The van der Waals surface area contributed by atoms with Crippen LogP contribution in [0.25, 0.3) is 0 Å². The molecule has 2 N–H and O–H groups in total. The summed E-state index contributed by atoms with van der Waals surface area (Å²) in [6, 6.07) is 7.71. The third-order valence-corrected chi connectivity index (χ3v) is 4.23. The molecule has 0 saturated carbocycles. The lowest BCUT2D eigenvalue weighted by atomic mass is 9.90. The van der Waals surface area contributed by atoms with E-state index in [0.29, 0.717) is 6.54 Å². The van der Waals surface area contributed by atoms with Gasteiger partial charge in [-0.15, -0.1) is 0 Å². The summed E-state index contributed by atoms with van der Waals surface area (Å²) in [5.41, 5.74) is 3.57. The van der Waals surface area contributed by atoms with Gasteiger partial charge in [0, 0.05) is 24.6 Å². The number of amides is 2. The predicted molar refractivity (Wildman–Crippen MR) is 99.1 cm³/mol. The van der Waals surface area contributed by atoms with Crippen molar-refractivity contribution in [2.24, 2.45) is 5.41 Å². The molecule has 0 aliphatic heterocycles. The molecule has 25 heavy (non-hydrogen) atoms. The number of carbonyl (C=O) groups is 2. The van der Waals surface area contributed by atoms with Gasteiger partial charge in [0.05, 0.1) is 0 Å². The van der Waals surface area contributed by atoms with Gasteiger partial charge in [-0.25, -0.2) is 0 Å². The number of nitrogens with zero attached hydrogens (tertiary/aromatic N) is 1. The molecule has 2 aromatic rings. The molecule has 0 unspecified atom stereocenters. The van der Waals surface area contributed by atoms with E-state index in [0.717, 1.165) is 27.9 Å². The first-order chi connectivity index (χ1) is 11.7. The molecule has 0 radical (unpaired) electrons. The Morgan fingerprint density at radius 3 is 2.28 bits per heavy atom. The van der Waals surface area contributed by atoms with E-state index in [-0.39, 0.29) is 11.8 Å². The first-order valence-corrected chi connectivity index (χ1v) is 8.28. The van der Waals surface area contributed by atoms with Gasteiger partial charge < -0.3 is 10.6 Å². The van der Waals surface area contributed by atoms with Gasteiger partial charge >= 0.3 is 0 Å². The lowest BCUT2D eigenvalue weighted by Gasteiger charge is -2.24. The van der Waals surface area contributed by atoms with Gasteiger partial charge in [-0.3, -0.25) is 14.6 Å². The van der Waals surface area contributed by atoms with Gasteiger partial charge in [-0.1, -0.05) is 23.8 Å². The van der Waals surface area contributed by atoms with Crippen molar-refractivity contribution >= 4 is 17.5 Å². The molecule has 0 aliphatic rings. The van der Waals surface area contributed by atoms with Crippen molar-refractivity contribution in [1.82, 2.24) is 10.3 Å². The summed E-state index contributed by atoms with van der Waals surface area (Å²) >= 11 is 0. The molecule has 0 atom stereocenters. The molecule has 1 heterocycles. The van der Waals surface area contributed by atoms with E-state index in [2.05, 4.69) is 15.6 Å². The second-order valence-corrected chi connectivity index (χ2v) is 6.90. The van der Waals surface area contributed by atoms with Crippen molar-refractivity contribution in [1.29, 1.82) is 0 Å². The van der Waals surface area contributed by atoms with Gasteiger partial charge in [0.1, 0.15) is 5.41 Å². The number of hydrogen-bond acceptors (Lipinski definition) is 3. The van der Waals surface area contributed by atoms with Gasteiger partial charge in [-0.2, -0.15) is 0 Å². The highest BCUT2D eigenvalue weighted by molar-refractivity contribution is 6.10. The number of rotatable bonds is 5. The van der Waals surface area contributed by atoms with Crippen molar-refractivity contribution in [2.45, 2.75) is 41.2 Å². The second-order valence-electron chi connectivity index (χ2n) is 6.90. The summed E-state index contributed by atoms with van der Waals surface area (Å²) in [4.78, 5) is 29.2. The molecule has 0 bridgehead atoms. The zero-order chi connectivity index (χ0) is 18.6. The van der Waals surface area contributed by atoms with Gasteiger partial charge in [-0.05, 0) is 57.4 Å². The Morgan fingerprint density at radius 2 is 1.72 bits per heavy atom. The lowest BCUT2D eigenvalue weighted by Crippen LogP contribution is -2.45. The number of carbonyl (C=O) groups excluding carboxylic acids is 2. The summed E-state index contributed by atoms with van der Waals surface area (Å²) in [6.45, 7) is 9.50. The molecule has 0 fully saturated rings. The van der Waals surface area contributed by atoms with Crippen molar-refractivity contribution in [3.63, 3.8) is 0 Å². The van der Waals surface area contributed by atoms with Crippen LogP contribution in [0.15, 0.2) is 36.7 Å². The minimum Gasteiger partial charge on any atom is -0.351 e. The van der Waals surface area contributed by atoms with Crippen LogP contribution >= 0.6 is 0 Å². The molecule has 0 saturated heterocycles. The fraction of sp³-hybridized carbons (Fsp3) is 0.350. The first kappa shape index (κ1) is 18.6. The highest BCUT2D eigenvalue weighted by Crippen LogP contribution is 2.25. The topological polar surface area (TPSA) is 71.1 Å². The minimum absolute atomic E-state index is 0.323.